The van der Waals surface area contributed by atoms with Crippen molar-refractivity contribution in [1.82, 2.24) is 14.4 Å². The van der Waals surface area contributed by atoms with Crippen molar-refractivity contribution in [1.29, 1.82) is 0 Å². The number of pyridine rings is 2. The number of hydrogen-bond acceptors (Lipinski definition) is 3. The maximum absolute atomic E-state index is 5.26. The molecule has 9 rings (SSSR count). The Kier molecular flexibility index (Phi) is 7.10. The lowest BCUT2D eigenvalue weighted by Gasteiger charge is -2.12. The van der Waals surface area contributed by atoms with Crippen LogP contribution in [-0.4, -0.2) is 20.1 Å². The Balaban J connectivity index is 1.10. The number of imidazole rings is 1. The maximum Gasteiger partial charge on any atom is 0.137 e. The quantitative estimate of drug-likeness (QED) is 0.191. The third-order valence-corrected chi connectivity index (χ3v) is 9.06. The van der Waals surface area contributed by atoms with Crippen LogP contribution in [0.4, 0.5) is 0 Å². The molecule has 8 aromatic rings. The van der Waals surface area contributed by atoms with Crippen LogP contribution in [0.2, 0.25) is 0 Å². The molecule has 49 heavy (non-hydrogen) atoms. The zero-order chi connectivity index (χ0) is 32.6. The molecule has 0 bridgehead atoms. The molecule has 0 radical (unpaired) electrons. The summed E-state index contributed by atoms with van der Waals surface area (Å²) in [5, 5.41) is 1.05. The van der Waals surface area contributed by atoms with Crippen LogP contribution in [0.3, 0.4) is 0 Å². The summed E-state index contributed by atoms with van der Waals surface area (Å²) in [6.45, 7) is 0. The Labute approximate surface area is 284 Å². The van der Waals surface area contributed by atoms with E-state index < -0.39 is 0 Å². The van der Waals surface area contributed by atoms with E-state index in [0.29, 0.717) is 0 Å². The van der Waals surface area contributed by atoms with Gasteiger partial charge in [0.2, 0.25) is 0 Å². The fourth-order valence-electron chi connectivity index (χ4n) is 6.58. The Bertz CT molecular complexity index is 2610. The highest BCUT2D eigenvalue weighted by Crippen LogP contribution is 2.34. The van der Waals surface area contributed by atoms with Crippen LogP contribution in [0.5, 0.6) is 0 Å². The average Bonchev–Trinajstić information content (AvgIpc) is 3.56. The highest BCUT2D eigenvalue weighted by molar-refractivity contribution is 6.13. The smallest absolute Gasteiger partial charge is 0.137 e. The summed E-state index contributed by atoms with van der Waals surface area (Å²) in [4.78, 5) is 15.4. The summed E-state index contributed by atoms with van der Waals surface area (Å²) in [6.07, 6.45) is 10.6. The lowest BCUT2D eigenvalue weighted by atomic mass is 9.97. The summed E-state index contributed by atoms with van der Waals surface area (Å²) in [5.41, 5.74) is 14.3. The van der Waals surface area contributed by atoms with Crippen LogP contribution in [0.25, 0.3) is 61.2 Å². The number of allylic oxidation sites excluding steroid dienone is 5. The van der Waals surface area contributed by atoms with E-state index in [1.807, 2.05) is 42.5 Å². The fourth-order valence-corrected chi connectivity index (χ4v) is 6.58. The highest BCUT2D eigenvalue weighted by Gasteiger charge is 2.17. The number of aromatic nitrogens is 3. The van der Waals surface area contributed by atoms with Crippen LogP contribution >= 0.6 is 0 Å². The molecule has 0 amide bonds. The molecule has 0 saturated carbocycles. The third-order valence-electron chi connectivity index (χ3n) is 9.06. The van der Waals surface area contributed by atoms with Gasteiger partial charge in [-0.05, 0) is 52.6 Å². The molecular weight excluding hydrogens is 597 g/mol. The first-order valence-corrected chi connectivity index (χ1v) is 16.4. The van der Waals surface area contributed by atoms with Gasteiger partial charge in [0.25, 0.3) is 0 Å². The van der Waals surface area contributed by atoms with Crippen LogP contribution in [-0.2, 0) is 0 Å². The van der Waals surface area contributed by atoms with Crippen molar-refractivity contribution in [2.24, 2.45) is 4.99 Å². The molecule has 3 aromatic heterocycles. The SMILES string of the molecule is C1=CC(c2ccc(-c3nc4ccccc4c4nc5ccccn5c34)cc2)=N/C(c2ccccc2)=C\C(c2ccc(-c3ccccc3)cc2)=C1. The van der Waals surface area contributed by atoms with Crippen LogP contribution in [0.15, 0.2) is 187 Å². The summed E-state index contributed by atoms with van der Waals surface area (Å²) in [5.74, 6) is 0. The molecule has 230 valence electrons. The Hall–Kier alpha value is -6.65. The van der Waals surface area contributed by atoms with Crippen LogP contribution in [0.1, 0.15) is 16.7 Å². The van der Waals surface area contributed by atoms with E-state index in [9.17, 15) is 0 Å². The predicted octanol–water partition coefficient (Wildman–Crippen LogP) is 10.9. The van der Waals surface area contributed by atoms with Gasteiger partial charge in [-0.15, -0.1) is 0 Å². The van der Waals surface area contributed by atoms with Crippen molar-refractivity contribution in [3.63, 3.8) is 0 Å². The second-order valence-electron chi connectivity index (χ2n) is 12.1. The molecule has 0 N–H and O–H groups in total. The largest absolute Gasteiger partial charge is 0.298 e. The summed E-state index contributed by atoms with van der Waals surface area (Å²) in [7, 11) is 0. The molecule has 0 aliphatic carbocycles. The lowest BCUT2D eigenvalue weighted by Crippen LogP contribution is -2.00. The first-order valence-electron chi connectivity index (χ1n) is 16.4. The van der Waals surface area contributed by atoms with Gasteiger partial charge in [-0.25, -0.2) is 15.0 Å². The number of para-hydroxylation sites is 1. The molecule has 0 unspecified atom stereocenters. The Morgan fingerprint density at radius 3 is 1.92 bits per heavy atom. The number of benzene rings is 5. The van der Waals surface area contributed by atoms with Gasteiger partial charge in [0.05, 0.1) is 28.1 Å². The fraction of sp³-hybridized carbons (Fsp3) is 0. The van der Waals surface area contributed by atoms with E-state index in [1.54, 1.807) is 0 Å². The van der Waals surface area contributed by atoms with E-state index in [4.69, 9.17) is 15.0 Å². The van der Waals surface area contributed by atoms with E-state index in [0.717, 1.165) is 72.5 Å². The number of fused-ring (bicyclic) bond motifs is 5. The molecule has 1 aliphatic rings. The second-order valence-corrected chi connectivity index (χ2v) is 12.1. The first-order chi connectivity index (χ1) is 24.3. The second kappa shape index (κ2) is 12.2. The molecule has 0 fully saturated rings. The zero-order valence-corrected chi connectivity index (χ0v) is 26.6. The van der Waals surface area contributed by atoms with Gasteiger partial charge < -0.3 is 0 Å². The molecule has 0 atom stereocenters. The van der Waals surface area contributed by atoms with E-state index >= 15 is 0 Å². The minimum Gasteiger partial charge on any atom is -0.298 e. The highest BCUT2D eigenvalue weighted by atomic mass is 15.0. The van der Waals surface area contributed by atoms with Gasteiger partial charge in [0.1, 0.15) is 11.2 Å². The summed E-state index contributed by atoms with van der Waals surface area (Å²) in [6, 6.07) is 52.5. The summed E-state index contributed by atoms with van der Waals surface area (Å²) < 4.78 is 2.13. The molecular formula is C45H30N4. The Morgan fingerprint density at radius 2 is 1.12 bits per heavy atom. The third kappa shape index (κ3) is 5.35. The van der Waals surface area contributed by atoms with Gasteiger partial charge in [-0.2, -0.15) is 0 Å². The molecule has 4 heterocycles. The first kappa shape index (κ1) is 28.6. The van der Waals surface area contributed by atoms with Crippen molar-refractivity contribution in [2.75, 3.05) is 0 Å². The molecule has 0 saturated heterocycles. The molecule has 5 aromatic carbocycles. The standard InChI is InChI=1S/C45H30N4/c1-3-12-31(13-4-1)32-21-23-33(24-22-32)37-16-11-19-39(46-41(30-37)34-14-5-2-6-15-34)35-25-27-36(28-26-35)43-45-44(38-17-7-8-18-40(38)47-43)48-42-20-9-10-29-49(42)45/h1-30H/b16-11?,19-11?,37-16?,37-30?,39-19?,41-30-,46-39?,46-41?. The molecule has 1 aliphatic heterocycles. The van der Waals surface area contributed by atoms with Crippen molar-refractivity contribution in [3.8, 4) is 22.4 Å². The van der Waals surface area contributed by atoms with Crippen molar-refractivity contribution in [3.05, 3.63) is 199 Å². The van der Waals surface area contributed by atoms with Gasteiger partial charge in [0.15, 0.2) is 0 Å². The van der Waals surface area contributed by atoms with Crippen molar-refractivity contribution < 1.29 is 0 Å². The van der Waals surface area contributed by atoms with E-state index in [1.165, 1.54) is 11.1 Å². The van der Waals surface area contributed by atoms with Crippen LogP contribution < -0.4 is 0 Å². The van der Waals surface area contributed by atoms with Crippen LogP contribution in [0, 0.1) is 0 Å². The van der Waals surface area contributed by atoms with Gasteiger partial charge >= 0.3 is 0 Å². The van der Waals surface area contributed by atoms with Gasteiger partial charge in [0, 0.05) is 28.3 Å². The van der Waals surface area contributed by atoms with Gasteiger partial charge in [-0.1, -0.05) is 146 Å². The number of nitrogens with zero attached hydrogens (tertiary/aromatic N) is 4. The lowest BCUT2D eigenvalue weighted by molar-refractivity contribution is 1.22. The maximum atomic E-state index is 5.26. The van der Waals surface area contributed by atoms with E-state index in [-0.39, 0.29) is 0 Å². The molecule has 4 nitrogen and oxygen atoms in total. The molecule has 0 spiro atoms. The Morgan fingerprint density at radius 1 is 0.490 bits per heavy atom. The van der Waals surface area contributed by atoms with E-state index in [2.05, 4.69) is 144 Å². The normalized spacial score (nSPS) is 14.2. The topological polar surface area (TPSA) is 42.5 Å². The monoisotopic (exact) mass is 626 g/mol. The van der Waals surface area contributed by atoms with Crippen molar-refractivity contribution in [2.45, 2.75) is 0 Å². The number of rotatable bonds is 5. The number of hydrogen-bond donors (Lipinski definition) is 0. The van der Waals surface area contributed by atoms with Gasteiger partial charge in [-0.3, -0.25) is 4.40 Å². The summed E-state index contributed by atoms with van der Waals surface area (Å²) >= 11 is 0. The molecule has 4 heteroatoms. The average molecular weight is 627 g/mol. The predicted molar refractivity (Wildman–Crippen MR) is 203 cm³/mol. The number of aliphatic imine (C=N–C) groups is 1. The zero-order valence-electron chi connectivity index (χ0n) is 26.6. The minimum absolute atomic E-state index is 0.891. The minimum atomic E-state index is 0.891. The van der Waals surface area contributed by atoms with Crippen molar-refractivity contribution >= 4 is 44.6 Å².